The minimum absolute atomic E-state index is 0.344. The van der Waals surface area contributed by atoms with Crippen LogP contribution in [-0.2, 0) is 6.42 Å². The molecule has 14 heavy (non-hydrogen) atoms. The van der Waals surface area contributed by atoms with E-state index in [1.54, 1.807) is 0 Å². The first-order chi connectivity index (χ1) is 6.81. The maximum atomic E-state index is 8.54. The summed E-state index contributed by atoms with van der Waals surface area (Å²) in [7, 11) is 0. The predicted molar refractivity (Wildman–Crippen MR) is 54.9 cm³/mol. The summed E-state index contributed by atoms with van der Waals surface area (Å²) in [6.07, 6.45) is 1.86. The molecule has 74 valence electrons. The Balaban J connectivity index is 2.87. The first-order valence-electron chi connectivity index (χ1n) is 4.74. The van der Waals surface area contributed by atoms with Gasteiger partial charge in [-0.2, -0.15) is 5.26 Å². The molecule has 0 aliphatic carbocycles. The van der Waals surface area contributed by atoms with E-state index in [-0.39, 0.29) is 0 Å². The molecule has 4 heteroatoms. The van der Waals surface area contributed by atoms with E-state index < -0.39 is 0 Å². The van der Waals surface area contributed by atoms with Crippen molar-refractivity contribution in [2.24, 2.45) is 0 Å². The lowest BCUT2D eigenvalue weighted by molar-refractivity contribution is 0.836. The van der Waals surface area contributed by atoms with E-state index in [9.17, 15) is 0 Å². The first kappa shape index (κ1) is 10.5. The third-order valence-corrected chi connectivity index (χ3v) is 2.06. The Morgan fingerprint density at radius 3 is 2.64 bits per heavy atom. The molecule has 1 aromatic rings. The van der Waals surface area contributed by atoms with Crippen LogP contribution >= 0.6 is 0 Å². The van der Waals surface area contributed by atoms with Gasteiger partial charge in [0.25, 0.3) is 0 Å². The largest absolute Gasteiger partial charge is 0.357 e. The average molecular weight is 190 g/mol. The van der Waals surface area contributed by atoms with Crippen LogP contribution in [-0.4, -0.2) is 23.1 Å². The summed E-state index contributed by atoms with van der Waals surface area (Å²) in [6.45, 7) is 5.99. The number of rotatable bonds is 4. The minimum atomic E-state index is 0.344. The Labute approximate surface area is 84.2 Å². The molecule has 0 fully saturated rings. The number of nitrogens with zero attached hydrogens (tertiary/aromatic N) is 4. The molecule has 0 bridgehead atoms. The fourth-order valence-electron chi connectivity index (χ4n) is 1.28. The average Bonchev–Trinajstić information content (AvgIpc) is 2.21. The lowest BCUT2D eigenvalue weighted by atomic mass is 10.3. The Bertz CT molecular complexity index is 325. The highest BCUT2D eigenvalue weighted by atomic mass is 15.2. The molecule has 0 saturated heterocycles. The van der Waals surface area contributed by atoms with Gasteiger partial charge in [-0.05, 0) is 13.8 Å². The van der Waals surface area contributed by atoms with Crippen molar-refractivity contribution < 1.29 is 0 Å². The zero-order chi connectivity index (χ0) is 10.4. The van der Waals surface area contributed by atoms with Crippen molar-refractivity contribution in [3.63, 3.8) is 0 Å². The van der Waals surface area contributed by atoms with Crippen molar-refractivity contribution in [1.82, 2.24) is 9.97 Å². The van der Waals surface area contributed by atoms with E-state index in [1.807, 2.05) is 6.07 Å². The van der Waals surface area contributed by atoms with Gasteiger partial charge in [-0.25, -0.2) is 9.97 Å². The van der Waals surface area contributed by atoms with Gasteiger partial charge in [0, 0.05) is 19.2 Å². The second kappa shape index (κ2) is 5.18. The number of hydrogen-bond acceptors (Lipinski definition) is 4. The monoisotopic (exact) mass is 190 g/mol. The molecule has 0 atom stereocenters. The standard InChI is InChI=1S/C10H14N4/c1-3-14(4-2)10-7-9(5-6-11)12-8-13-10/h7-8H,3-5H2,1-2H3. The zero-order valence-corrected chi connectivity index (χ0v) is 8.56. The van der Waals surface area contributed by atoms with Crippen LogP contribution in [0.1, 0.15) is 19.5 Å². The van der Waals surface area contributed by atoms with Crippen LogP contribution in [0, 0.1) is 11.3 Å². The van der Waals surface area contributed by atoms with Gasteiger partial charge in [0.15, 0.2) is 0 Å². The molecule has 0 amide bonds. The van der Waals surface area contributed by atoms with Crippen LogP contribution in [0.5, 0.6) is 0 Å². The zero-order valence-electron chi connectivity index (χ0n) is 8.56. The second-order valence-corrected chi connectivity index (χ2v) is 2.87. The summed E-state index contributed by atoms with van der Waals surface area (Å²) < 4.78 is 0. The molecular formula is C10H14N4. The minimum Gasteiger partial charge on any atom is -0.357 e. The summed E-state index contributed by atoms with van der Waals surface area (Å²) in [4.78, 5) is 10.3. The molecule has 0 unspecified atom stereocenters. The van der Waals surface area contributed by atoms with Gasteiger partial charge in [0.05, 0.1) is 18.2 Å². The van der Waals surface area contributed by atoms with Crippen LogP contribution in [0.4, 0.5) is 5.82 Å². The predicted octanol–water partition coefficient (Wildman–Crippen LogP) is 1.39. The summed E-state index contributed by atoms with van der Waals surface area (Å²) >= 11 is 0. The van der Waals surface area contributed by atoms with E-state index in [1.165, 1.54) is 6.33 Å². The summed E-state index contributed by atoms with van der Waals surface area (Å²) in [5.41, 5.74) is 0.782. The van der Waals surface area contributed by atoms with Crippen LogP contribution in [0.3, 0.4) is 0 Å². The lowest BCUT2D eigenvalue weighted by Crippen LogP contribution is -2.23. The molecule has 0 aromatic carbocycles. The van der Waals surface area contributed by atoms with Crippen LogP contribution < -0.4 is 4.90 Å². The summed E-state index contributed by atoms with van der Waals surface area (Å²) in [5.74, 6) is 0.898. The smallest absolute Gasteiger partial charge is 0.132 e. The van der Waals surface area contributed by atoms with Gasteiger partial charge in [-0.1, -0.05) is 0 Å². The van der Waals surface area contributed by atoms with E-state index >= 15 is 0 Å². The quantitative estimate of drug-likeness (QED) is 0.720. The molecule has 0 aliphatic rings. The molecule has 4 nitrogen and oxygen atoms in total. The fourth-order valence-corrected chi connectivity index (χ4v) is 1.28. The van der Waals surface area contributed by atoms with E-state index in [2.05, 4.69) is 34.8 Å². The van der Waals surface area contributed by atoms with Gasteiger partial charge in [-0.15, -0.1) is 0 Å². The summed E-state index contributed by atoms with van der Waals surface area (Å²) in [5, 5.41) is 8.54. The maximum absolute atomic E-state index is 8.54. The van der Waals surface area contributed by atoms with E-state index in [0.717, 1.165) is 24.6 Å². The molecule has 1 rings (SSSR count). The highest BCUT2D eigenvalue weighted by Crippen LogP contribution is 2.10. The molecule has 0 N–H and O–H groups in total. The highest BCUT2D eigenvalue weighted by Gasteiger charge is 2.04. The third kappa shape index (κ3) is 2.43. The van der Waals surface area contributed by atoms with Crippen molar-refractivity contribution >= 4 is 5.82 Å². The fraction of sp³-hybridized carbons (Fsp3) is 0.500. The van der Waals surface area contributed by atoms with Crippen molar-refractivity contribution in [3.05, 3.63) is 18.1 Å². The molecule has 0 radical (unpaired) electrons. The molecule has 1 heterocycles. The molecule has 0 saturated carbocycles. The molecule has 0 aliphatic heterocycles. The molecule has 0 spiro atoms. The normalized spacial score (nSPS) is 9.50. The van der Waals surface area contributed by atoms with Crippen molar-refractivity contribution in [2.75, 3.05) is 18.0 Å². The maximum Gasteiger partial charge on any atom is 0.132 e. The number of aromatic nitrogens is 2. The highest BCUT2D eigenvalue weighted by molar-refractivity contribution is 5.38. The third-order valence-electron chi connectivity index (χ3n) is 2.06. The molecular weight excluding hydrogens is 176 g/mol. The van der Waals surface area contributed by atoms with E-state index in [0.29, 0.717) is 6.42 Å². The second-order valence-electron chi connectivity index (χ2n) is 2.87. The van der Waals surface area contributed by atoms with Crippen LogP contribution in [0.2, 0.25) is 0 Å². The summed E-state index contributed by atoms with van der Waals surface area (Å²) in [6, 6.07) is 3.95. The van der Waals surface area contributed by atoms with Gasteiger partial charge >= 0.3 is 0 Å². The Kier molecular flexibility index (Phi) is 3.86. The Morgan fingerprint density at radius 1 is 1.36 bits per heavy atom. The first-order valence-corrected chi connectivity index (χ1v) is 4.74. The van der Waals surface area contributed by atoms with Crippen LogP contribution in [0.15, 0.2) is 12.4 Å². The van der Waals surface area contributed by atoms with E-state index in [4.69, 9.17) is 5.26 Å². The van der Waals surface area contributed by atoms with Crippen LogP contribution in [0.25, 0.3) is 0 Å². The number of hydrogen-bond donors (Lipinski definition) is 0. The molecule has 1 aromatic heterocycles. The van der Waals surface area contributed by atoms with Gasteiger partial charge in [0.2, 0.25) is 0 Å². The van der Waals surface area contributed by atoms with Gasteiger partial charge in [0.1, 0.15) is 12.1 Å². The van der Waals surface area contributed by atoms with Crippen molar-refractivity contribution in [2.45, 2.75) is 20.3 Å². The number of nitriles is 1. The number of anilines is 1. The van der Waals surface area contributed by atoms with Crippen molar-refractivity contribution in [1.29, 1.82) is 5.26 Å². The lowest BCUT2D eigenvalue weighted by Gasteiger charge is -2.19. The van der Waals surface area contributed by atoms with Crippen molar-refractivity contribution in [3.8, 4) is 6.07 Å². The SMILES string of the molecule is CCN(CC)c1cc(CC#N)ncn1. The Hall–Kier alpha value is -1.63. The topological polar surface area (TPSA) is 52.8 Å². The van der Waals surface area contributed by atoms with Gasteiger partial charge < -0.3 is 4.90 Å². The Morgan fingerprint density at radius 2 is 2.07 bits per heavy atom. The van der Waals surface area contributed by atoms with Gasteiger partial charge in [-0.3, -0.25) is 0 Å².